The normalized spacial score (nSPS) is 13.2. The van der Waals surface area contributed by atoms with Crippen LogP contribution in [0.3, 0.4) is 0 Å². The molecular weight excluding hydrogens is 267 g/mol. The van der Waals surface area contributed by atoms with Crippen LogP contribution in [0.4, 0.5) is 13.2 Å². The highest BCUT2D eigenvalue weighted by Gasteiger charge is 2.30. The first-order valence-corrected chi connectivity index (χ1v) is 6.43. The van der Waals surface area contributed by atoms with Crippen LogP contribution in [-0.2, 0) is 10.9 Å². The molecule has 1 rings (SSSR count). The summed E-state index contributed by atoms with van der Waals surface area (Å²) in [5.41, 5.74) is 0.929. The summed E-state index contributed by atoms with van der Waals surface area (Å²) in [5, 5.41) is 3.13. The van der Waals surface area contributed by atoms with Crippen molar-refractivity contribution in [3.8, 4) is 0 Å². The zero-order valence-electron chi connectivity index (χ0n) is 11.8. The molecule has 0 bridgehead atoms. The fourth-order valence-corrected chi connectivity index (χ4v) is 1.70. The van der Waals surface area contributed by atoms with Crippen molar-refractivity contribution in [3.05, 3.63) is 47.5 Å². The summed E-state index contributed by atoms with van der Waals surface area (Å²) in [6.07, 6.45) is -4.31. The van der Waals surface area contributed by atoms with E-state index in [-0.39, 0.29) is 6.04 Å². The van der Waals surface area contributed by atoms with E-state index < -0.39 is 11.7 Å². The molecule has 0 saturated carbocycles. The average molecular weight is 287 g/mol. The van der Waals surface area contributed by atoms with Crippen LogP contribution in [0.1, 0.15) is 31.0 Å². The van der Waals surface area contributed by atoms with Gasteiger partial charge in [-0.3, -0.25) is 0 Å². The van der Waals surface area contributed by atoms with Crippen LogP contribution in [-0.4, -0.2) is 19.8 Å². The Morgan fingerprint density at radius 2 is 2.10 bits per heavy atom. The number of hydrogen-bond donors (Lipinski definition) is 1. The number of hydrogen-bond acceptors (Lipinski definition) is 2. The van der Waals surface area contributed by atoms with E-state index in [4.69, 9.17) is 4.74 Å². The maximum absolute atomic E-state index is 12.6. The van der Waals surface area contributed by atoms with Crippen LogP contribution in [0, 0.1) is 0 Å². The molecule has 2 nitrogen and oxygen atoms in total. The maximum Gasteiger partial charge on any atom is 0.416 e. The smallest absolute Gasteiger partial charge is 0.376 e. The van der Waals surface area contributed by atoms with Crippen molar-refractivity contribution in [1.29, 1.82) is 0 Å². The molecule has 0 aliphatic heterocycles. The SMILES string of the molecule is C=C(C)COCCNC(C)c1cccc(C(F)(F)F)c1. The molecule has 20 heavy (non-hydrogen) atoms. The second-order valence-electron chi connectivity index (χ2n) is 4.81. The van der Waals surface area contributed by atoms with Crippen molar-refractivity contribution in [1.82, 2.24) is 5.32 Å². The maximum atomic E-state index is 12.6. The fourth-order valence-electron chi connectivity index (χ4n) is 1.70. The van der Waals surface area contributed by atoms with Crippen molar-refractivity contribution in [2.75, 3.05) is 19.8 Å². The largest absolute Gasteiger partial charge is 0.416 e. The summed E-state index contributed by atoms with van der Waals surface area (Å²) in [7, 11) is 0. The number of rotatable bonds is 7. The van der Waals surface area contributed by atoms with Gasteiger partial charge in [-0.1, -0.05) is 24.3 Å². The summed E-state index contributed by atoms with van der Waals surface area (Å²) in [6, 6.07) is 5.19. The zero-order chi connectivity index (χ0) is 15.2. The Hall–Kier alpha value is -1.33. The van der Waals surface area contributed by atoms with Gasteiger partial charge in [0.15, 0.2) is 0 Å². The molecule has 0 aromatic heterocycles. The van der Waals surface area contributed by atoms with Crippen LogP contribution in [0.5, 0.6) is 0 Å². The second-order valence-corrected chi connectivity index (χ2v) is 4.81. The van der Waals surface area contributed by atoms with E-state index in [0.717, 1.165) is 11.6 Å². The molecule has 0 aliphatic carbocycles. The minimum atomic E-state index is -4.31. The Labute approximate surface area is 117 Å². The van der Waals surface area contributed by atoms with Crippen molar-refractivity contribution >= 4 is 0 Å². The summed E-state index contributed by atoms with van der Waals surface area (Å²) < 4.78 is 43.1. The van der Waals surface area contributed by atoms with Crippen LogP contribution in [0.2, 0.25) is 0 Å². The lowest BCUT2D eigenvalue weighted by molar-refractivity contribution is -0.137. The van der Waals surface area contributed by atoms with Crippen molar-refractivity contribution in [2.24, 2.45) is 0 Å². The van der Waals surface area contributed by atoms with E-state index in [0.29, 0.717) is 25.3 Å². The first-order chi connectivity index (χ1) is 9.30. The third-order valence-corrected chi connectivity index (χ3v) is 2.76. The number of nitrogens with one attached hydrogen (secondary N) is 1. The number of halogens is 3. The van der Waals surface area contributed by atoms with Gasteiger partial charge in [-0.05, 0) is 31.5 Å². The minimum Gasteiger partial charge on any atom is -0.376 e. The van der Waals surface area contributed by atoms with Gasteiger partial charge >= 0.3 is 6.18 Å². The van der Waals surface area contributed by atoms with Crippen molar-refractivity contribution in [3.63, 3.8) is 0 Å². The first kappa shape index (κ1) is 16.7. The minimum absolute atomic E-state index is 0.161. The van der Waals surface area contributed by atoms with E-state index in [2.05, 4.69) is 11.9 Å². The Balaban J connectivity index is 2.47. The predicted octanol–water partition coefficient (Wildman–Crippen LogP) is 3.95. The standard InChI is InChI=1S/C15H20F3NO/c1-11(2)10-20-8-7-19-12(3)13-5-4-6-14(9-13)15(16,17)18/h4-6,9,12,19H,1,7-8,10H2,2-3H3. The van der Waals surface area contributed by atoms with Crippen molar-refractivity contribution in [2.45, 2.75) is 26.1 Å². The molecule has 1 unspecified atom stereocenters. The lowest BCUT2D eigenvalue weighted by atomic mass is 10.0. The molecule has 0 fully saturated rings. The molecule has 0 spiro atoms. The Morgan fingerprint density at radius 1 is 1.40 bits per heavy atom. The van der Waals surface area contributed by atoms with Gasteiger partial charge < -0.3 is 10.1 Å². The molecule has 0 radical (unpaired) electrons. The van der Waals surface area contributed by atoms with Gasteiger partial charge in [-0.2, -0.15) is 13.2 Å². The zero-order valence-corrected chi connectivity index (χ0v) is 11.8. The molecule has 0 aliphatic rings. The molecule has 1 aromatic carbocycles. The van der Waals surface area contributed by atoms with E-state index in [1.807, 2.05) is 13.8 Å². The molecule has 1 atom stereocenters. The van der Waals surface area contributed by atoms with Gasteiger partial charge in [-0.15, -0.1) is 0 Å². The molecule has 0 amide bonds. The monoisotopic (exact) mass is 287 g/mol. The summed E-state index contributed by atoms with van der Waals surface area (Å²) in [4.78, 5) is 0. The first-order valence-electron chi connectivity index (χ1n) is 6.43. The number of benzene rings is 1. The Bertz CT molecular complexity index is 443. The number of alkyl halides is 3. The van der Waals surface area contributed by atoms with Gasteiger partial charge in [0.2, 0.25) is 0 Å². The van der Waals surface area contributed by atoms with E-state index in [9.17, 15) is 13.2 Å². The lowest BCUT2D eigenvalue weighted by Crippen LogP contribution is -2.23. The molecular formula is C15H20F3NO. The topological polar surface area (TPSA) is 21.3 Å². The van der Waals surface area contributed by atoms with Gasteiger partial charge in [0, 0.05) is 12.6 Å². The van der Waals surface area contributed by atoms with Gasteiger partial charge in [-0.25, -0.2) is 0 Å². The molecule has 0 saturated heterocycles. The molecule has 112 valence electrons. The molecule has 1 N–H and O–H groups in total. The van der Waals surface area contributed by atoms with E-state index in [1.54, 1.807) is 6.07 Å². The summed E-state index contributed by atoms with van der Waals surface area (Å²) in [6.45, 7) is 8.99. The third-order valence-electron chi connectivity index (χ3n) is 2.76. The van der Waals surface area contributed by atoms with Crippen LogP contribution in [0.15, 0.2) is 36.4 Å². The van der Waals surface area contributed by atoms with E-state index in [1.165, 1.54) is 12.1 Å². The Morgan fingerprint density at radius 3 is 2.70 bits per heavy atom. The van der Waals surface area contributed by atoms with Gasteiger partial charge in [0.25, 0.3) is 0 Å². The van der Waals surface area contributed by atoms with Crippen LogP contribution >= 0.6 is 0 Å². The second kappa shape index (κ2) is 7.45. The van der Waals surface area contributed by atoms with E-state index >= 15 is 0 Å². The highest BCUT2D eigenvalue weighted by molar-refractivity contribution is 5.27. The van der Waals surface area contributed by atoms with Crippen molar-refractivity contribution < 1.29 is 17.9 Å². The lowest BCUT2D eigenvalue weighted by Gasteiger charge is -2.16. The van der Waals surface area contributed by atoms with Gasteiger partial charge in [0.1, 0.15) is 0 Å². The molecule has 0 heterocycles. The van der Waals surface area contributed by atoms with Crippen LogP contribution in [0.25, 0.3) is 0 Å². The molecule has 1 aromatic rings. The van der Waals surface area contributed by atoms with Crippen LogP contribution < -0.4 is 5.32 Å². The summed E-state index contributed by atoms with van der Waals surface area (Å²) in [5.74, 6) is 0. The predicted molar refractivity (Wildman–Crippen MR) is 73.5 cm³/mol. The highest BCUT2D eigenvalue weighted by Crippen LogP contribution is 2.30. The fraction of sp³-hybridized carbons (Fsp3) is 0.467. The van der Waals surface area contributed by atoms with Gasteiger partial charge in [0.05, 0.1) is 18.8 Å². The highest BCUT2D eigenvalue weighted by atomic mass is 19.4. The average Bonchev–Trinajstić information content (AvgIpc) is 2.37. The quantitative estimate of drug-likeness (QED) is 0.605. The third kappa shape index (κ3) is 5.75. The Kier molecular flexibility index (Phi) is 6.23. The molecule has 5 heteroatoms. The summed E-state index contributed by atoms with van der Waals surface area (Å²) >= 11 is 0. The number of ether oxygens (including phenoxy) is 1.